The maximum absolute atomic E-state index is 14.7. The van der Waals surface area contributed by atoms with Gasteiger partial charge in [-0.05, 0) is 66.5 Å². The third-order valence-corrected chi connectivity index (χ3v) is 6.26. The summed E-state index contributed by atoms with van der Waals surface area (Å²) in [7, 11) is 0. The van der Waals surface area contributed by atoms with Crippen molar-refractivity contribution in [3.05, 3.63) is 69.9 Å². The van der Waals surface area contributed by atoms with Crippen LogP contribution < -0.4 is 0 Å². The second-order valence-corrected chi connectivity index (χ2v) is 7.49. The van der Waals surface area contributed by atoms with E-state index in [4.69, 9.17) is 0 Å². The van der Waals surface area contributed by atoms with Crippen LogP contribution in [0.1, 0.15) is 40.0 Å². The van der Waals surface area contributed by atoms with E-state index in [0.29, 0.717) is 5.57 Å². The Balaban J connectivity index is 2.18. The van der Waals surface area contributed by atoms with Gasteiger partial charge in [0, 0.05) is 5.41 Å². The van der Waals surface area contributed by atoms with E-state index >= 15 is 0 Å². The van der Waals surface area contributed by atoms with Crippen molar-refractivity contribution >= 4 is 0 Å². The average Bonchev–Trinajstić information content (AvgIpc) is 2.94. The fourth-order valence-corrected chi connectivity index (χ4v) is 5.39. The number of fused-ring (bicyclic) bond motifs is 4. The van der Waals surface area contributed by atoms with Gasteiger partial charge in [-0.15, -0.1) is 0 Å². The van der Waals surface area contributed by atoms with Crippen LogP contribution in [0.25, 0.3) is 0 Å². The van der Waals surface area contributed by atoms with Crippen LogP contribution in [0.5, 0.6) is 0 Å². The Morgan fingerprint density at radius 3 is 2.04 bits per heavy atom. The van der Waals surface area contributed by atoms with E-state index in [-0.39, 0.29) is 0 Å². The molecule has 2 atom stereocenters. The predicted octanol–water partition coefficient (Wildman–Crippen LogP) is 6.36. The highest BCUT2D eigenvalue weighted by atomic mass is 19.4. The summed E-state index contributed by atoms with van der Waals surface area (Å²) in [4.78, 5) is 0. The van der Waals surface area contributed by atoms with Crippen molar-refractivity contribution in [1.29, 1.82) is 0 Å². The number of hydrogen-bond donors (Lipinski definition) is 0. The molecule has 4 aliphatic carbocycles. The van der Waals surface area contributed by atoms with Gasteiger partial charge in [0.05, 0.1) is 0 Å². The van der Waals surface area contributed by atoms with E-state index in [9.17, 15) is 13.2 Å². The highest BCUT2D eigenvalue weighted by Crippen LogP contribution is 2.69. The van der Waals surface area contributed by atoms with E-state index in [0.717, 1.165) is 47.1 Å². The zero-order chi connectivity index (χ0) is 17.3. The van der Waals surface area contributed by atoms with Gasteiger partial charge in [0.2, 0.25) is 0 Å². The molecule has 0 spiro atoms. The molecule has 0 aromatic carbocycles. The monoisotopic (exact) mass is 330 g/mol. The number of allylic oxidation sites excluding steroid dienone is 12. The summed E-state index contributed by atoms with van der Waals surface area (Å²) >= 11 is 0. The zero-order valence-electron chi connectivity index (χ0n) is 14.2. The van der Waals surface area contributed by atoms with Gasteiger partial charge in [-0.25, -0.2) is 0 Å². The van der Waals surface area contributed by atoms with Gasteiger partial charge in [0.15, 0.2) is 0 Å². The maximum Gasteiger partial charge on any atom is 0.402 e. The molecule has 4 aliphatic rings. The molecule has 24 heavy (non-hydrogen) atoms. The van der Waals surface area contributed by atoms with E-state index in [1.807, 2.05) is 26.0 Å². The molecule has 2 unspecified atom stereocenters. The van der Waals surface area contributed by atoms with Gasteiger partial charge in [0.1, 0.15) is 5.41 Å². The van der Waals surface area contributed by atoms with Gasteiger partial charge < -0.3 is 0 Å². The Bertz CT molecular complexity index is 811. The lowest BCUT2D eigenvalue weighted by atomic mass is 9.48. The minimum Gasteiger partial charge on any atom is -0.170 e. The summed E-state index contributed by atoms with van der Waals surface area (Å²) in [6.45, 7) is 5.55. The van der Waals surface area contributed by atoms with E-state index < -0.39 is 17.0 Å². The molecule has 4 rings (SSSR count). The Morgan fingerprint density at radius 1 is 0.875 bits per heavy atom. The van der Waals surface area contributed by atoms with Gasteiger partial charge in [0.25, 0.3) is 0 Å². The van der Waals surface area contributed by atoms with Crippen LogP contribution in [-0.4, -0.2) is 6.18 Å². The first kappa shape index (κ1) is 15.7. The molecule has 0 amide bonds. The molecule has 1 saturated carbocycles. The molecule has 0 aromatic rings. The molecular weight excluding hydrogens is 309 g/mol. The predicted molar refractivity (Wildman–Crippen MR) is 90.3 cm³/mol. The van der Waals surface area contributed by atoms with Gasteiger partial charge >= 0.3 is 6.18 Å². The first-order valence-corrected chi connectivity index (χ1v) is 8.51. The fraction of sp³-hybridized carbons (Fsp3) is 0.429. The van der Waals surface area contributed by atoms with E-state index in [1.165, 1.54) is 6.08 Å². The Morgan fingerprint density at radius 2 is 1.42 bits per heavy atom. The standard InChI is InChI=1S/C21H21F3/c1-13-7-5-11-19(3)17(13)15-9-4-10-16(15)18-14(2)8-6-12-20(18,19)21(22,23)24/h5-8,11-12H,4,9-10H2,1-3H3. The van der Waals surface area contributed by atoms with E-state index in [1.54, 1.807) is 25.2 Å². The number of halogens is 3. The van der Waals surface area contributed by atoms with Crippen molar-refractivity contribution in [3.8, 4) is 0 Å². The lowest BCUT2D eigenvalue weighted by molar-refractivity contribution is -0.215. The molecule has 0 aromatic heterocycles. The Hall–Kier alpha value is -1.77. The Kier molecular flexibility index (Phi) is 3.05. The zero-order valence-corrected chi connectivity index (χ0v) is 14.2. The molecule has 0 bridgehead atoms. The van der Waals surface area contributed by atoms with Gasteiger partial charge in [-0.3, -0.25) is 0 Å². The lowest BCUT2D eigenvalue weighted by Crippen LogP contribution is -2.54. The van der Waals surface area contributed by atoms with Crippen molar-refractivity contribution in [2.75, 3.05) is 0 Å². The van der Waals surface area contributed by atoms with Crippen molar-refractivity contribution in [2.24, 2.45) is 10.8 Å². The second kappa shape index (κ2) is 4.65. The van der Waals surface area contributed by atoms with Gasteiger partial charge in [-0.1, -0.05) is 43.4 Å². The summed E-state index contributed by atoms with van der Waals surface area (Å²) < 4.78 is 44.0. The van der Waals surface area contributed by atoms with Crippen LogP contribution in [0.15, 0.2) is 69.9 Å². The quantitative estimate of drug-likeness (QED) is 0.484. The molecule has 126 valence electrons. The topological polar surface area (TPSA) is 0 Å². The lowest BCUT2D eigenvalue weighted by Gasteiger charge is -2.55. The SMILES string of the molecule is CC1=CC=CC2(C)C1=C1CCCC1=C1C(C)=CC=CC12C(F)(F)F. The van der Waals surface area contributed by atoms with Crippen LogP contribution in [0.3, 0.4) is 0 Å². The van der Waals surface area contributed by atoms with Crippen LogP contribution >= 0.6 is 0 Å². The highest BCUT2D eigenvalue weighted by molar-refractivity contribution is 5.68. The molecule has 0 nitrogen and oxygen atoms in total. The van der Waals surface area contributed by atoms with Crippen molar-refractivity contribution in [1.82, 2.24) is 0 Å². The number of hydrogen-bond acceptors (Lipinski definition) is 0. The molecule has 3 heteroatoms. The molecule has 1 fully saturated rings. The number of rotatable bonds is 0. The highest BCUT2D eigenvalue weighted by Gasteiger charge is 2.68. The maximum atomic E-state index is 14.7. The summed E-state index contributed by atoms with van der Waals surface area (Å²) in [5.41, 5.74) is 2.18. The normalized spacial score (nSPS) is 34.8. The largest absolute Gasteiger partial charge is 0.402 e. The summed E-state index contributed by atoms with van der Waals surface area (Å²) in [5.74, 6) is 0. The van der Waals surface area contributed by atoms with E-state index in [2.05, 4.69) is 0 Å². The summed E-state index contributed by atoms with van der Waals surface area (Å²) in [6, 6.07) is 0. The molecule has 0 N–H and O–H groups in total. The molecule has 0 aliphatic heterocycles. The summed E-state index contributed by atoms with van der Waals surface area (Å²) in [5, 5.41) is 0. The summed E-state index contributed by atoms with van der Waals surface area (Å²) in [6.07, 6.45) is 8.56. The first-order valence-electron chi connectivity index (χ1n) is 8.51. The Labute approximate surface area is 140 Å². The number of alkyl halides is 3. The fourth-order valence-electron chi connectivity index (χ4n) is 5.39. The molecule has 0 radical (unpaired) electrons. The van der Waals surface area contributed by atoms with Crippen LogP contribution in [0.4, 0.5) is 13.2 Å². The first-order chi connectivity index (χ1) is 11.2. The molecule has 0 saturated heterocycles. The molecular formula is C21H21F3. The minimum absolute atomic E-state index is 0.510. The minimum atomic E-state index is -4.35. The van der Waals surface area contributed by atoms with Crippen molar-refractivity contribution < 1.29 is 13.2 Å². The third kappa shape index (κ3) is 1.61. The van der Waals surface area contributed by atoms with Crippen molar-refractivity contribution in [3.63, 3.8) is 0 Å². The van der Waals surface area contributed by atoms with Gasteiger partial charge in [-0.2, -0.15) is 13.2 Å². The van der Waals surface area contributed by atoms with Crippen LogP contribution in [-0.2, 0) is 0 Å². The third-order valence-electron chi connectivity index (χ3n) is 6.26. The van der Waals surface area contributed by atoms with Crippen LogP contribution in [0, 0.1) is 10.8 Å². The second-order valence-electron chi connectivity index (χ2n) is 7.49. The average molecular weight is 330 g/mol. The smallest absolute Gasteiger partial charge is 0.170 e. The van der Waals surface area contributed by atoms with Crippen LogP contribution in [0.2, 0.25) is 0 Å². The molecule has 0 heterocycles. The van der Waals surface area contributed by atoms with Crippen molar-refractivity contribution in [2.45, 2.75) is 46.2 Å².